The molecule has 0 amide bonds. The molecule has 0 spiro atoms. The van der Waals surface area contributed by atoms with E-state index in [-0.39, 0.29) is 0 Å². The summed E-state index contributed by atoms with van der Waals surface area (Å²) in [5.74, 6) is 0.724. The molecule has 1 fully saturated rings. The van der Waals surface area contributed by atoms with Crippen molar-refractivity contribution in [2.75, 3.05) is 0 Å². The van der Waals surface area contributed by atoms with Crippen LogP contribution in [-0.2, 0) is 0 Å². The van der Waals surface area contributed by atoms with Crippen LogP contribution in [0.25, 0.3) is 0 Å². The number of aliphatic imine (C=N–C) groups is 1. The molecule has 62 valence electrons. The number of nitrogens with zero attached hydrogens (tertiary/aromatic N) is 1. The van der Waals surface area contributed by atoms with Crippen molar-refractivity contribution >= 4 is 6.01 Å². The van der Waals surface area contributed by atoms with Gasteiger partial charge >= 0.3 is 0 Å². The Morgan fingerprint density at radius 1 is 1.36 bits per heavy atom. The molecule has 0 aromatic heterocycles. The summed E-state index contributed by atoms with van der Waals surface area (Å²) in [7, 11) is 0. The minimum absolute atomic E-state index is 0.327. The van der Waals surface area contributed by atoms with E-state index in [0.717, 1.165) is 5.92 Å². The van der Waals surface area contributed by atoms with Gasteiger partial charge < -0.3 is 0 Å². The zero-order chi connectivity index (χ0) is 8.10. The minimum Gasteiger partial charge on any atom is -0.242 e. The second-order valence-electron chi connectivity index (χ2n) is 3.38. The summed E-state index contributed by atoms with van der Waals surface area (Å²) in [6, 6.07) is 2.47. The number of rotatable bonds is 2. The third kappa shape index (κ3) is 2.47. The van der Waals surface area contributed by atoms with Crippen molar-refractivity contribution < 1.29 is 0 Å². The summed E-state index contributed by atoms with van der Waals surface area (Å²) in [6.07, 6.45) is 6.68. The van der Waals surface area contributed by atoms with Crippen LogP contribution in [0, 0.1) is 11.3 Å². The normalized spacial score (nSPS) is 22.3. The van der Waals surface area contributed by atoms with Crippen LogP contribution in [0.4, 0.5) is 0 Å². The molecule has 0 bridgehead atoms. The Morgan fingerprint density at radius 2 is 2.00 bits per heavy atom. The van der Waals surface area contributed by atoms with E-state index in [2.05, 4.69) is 17.9 Å². The van der Waals surface area contributed by atoms with Crippen LogP contribution < -0.4 is 0 Å². The van der Waals surface area contributed by atoms with Gasteiger partial charge in [0, 0.05) is 0 Å². The number of hydrogen-bond donors (Lipinski definition) is 1. The van der Waals surface area contributed by atoms with Gasteiger partial charge in [-0.1, -0.05) is 19.3 Å². The summed E-state index contributed by atoms with van der Waals surface area (Å²) >= 11 is 0. The third-order valence-corrected chi connectivity index (χ3v) is 2.60. The Bertz CT molecular complexity index is 153. The Morgan fingerprint density at radius 3 is 2.55 bits per heavy atom. The highest BCUT2D eigenvalue weighted by Gasteiger charge is 2.18. The van der Waals surface area contributed by atoms with Crippen molar-refractivity contribution in [3.05, 3.63) is 0 Å². The molecule has 2 heteroatoms. The van der Waals surface area contributed by atoms with Crippen molar-refractivity contribution in [3.63, 3.8) is 0 Å². The molecule has 2 nitrogen and oxygen atoms in total. The van der Waals surface area contributed by atoms with Gasteiger partial charge in [-0.3, -0.25) is 0 Å². The molecule has 0 radical (unpaired) electrons. The van der Waals surface area contributed by atoms with E-state index in [4.69, 9.17) is 5.41 Å². The fraction of sp³-hybridized carbons (Fsp3) is 0.889. The zero-order valence-electron chi connectivity index (χ0n) is 7.14. The summed E-state index contributed by atoms with van der Waals surface area (Å²) in [5, 5.41) is 6.74. The first kappa shape index (κ1) is 8.48. The van der Waals surface area contributed by atoms with Crippen LogP contribution in [0.2, 0.25) is 0 Å². The first-order valence-corrected chi connectivity index (χ1v) is 4.46. The predicted molar refractivity (Wildman–Crippen MR) is 46.2 cm³/mol. The van der Waals surface area contributed by atoms with Crippen molar-refractivity contribution in [3.8, 4) is 0 Å². The topological polar surface area (TPSA) is 36.2 Å². The maximum absolute atomic E-state index is 6.74. The maximum atomic E-state index is 6.74. The first-order valence-electron chi connectivity index (χ1n) is 4.46. The highest BCUT2D eigenvalue weighted by atomic mass is 14.8. The molecule has 1 rings (SSSR count). The predicted octanol–water partition coefficient (Wildman–Crippen LogP) is 2.71. The van der Waals surface area contributed by atoms with E-state index >= 15 is 0 Å². The van der Waals surface area contributed by atoms with Crippen molar-refractivity contribution in [1.29, 1.82) is 5.41 Å². The zero-order valence-corrected chi connectivity index (χ0v) is 7.14. The molecule has 1 N–H and O–H groups in total. The molecule has 0 aromatic carbocycles. The Kier molecular flexibility index (Phi) is 3.31. The summed E-state index contributed by atoms with van der Waals surface area (Å²) in [6.45, 7) is 2.09. The lowest BCUT2D eigenvalue weighted by molar-refractivity contribution is 0.318. The van der Waals surface area contributed by atoms with Crippen LogP contribution >= 0.6 is 0 Å². The van der Waals surface area contributed by atoms with E-state index in [0.29, 0.717) is 6.04 Å². The molecule has 1 saturated carbocycles. The van der Waals surface area contributed by atoms with Crippen LogP contribution in [-0.4, -0.2) is 12.1 Å². The van der Waals surface area contributed by atoms with Gasteiger partial charge in [-0.15, -0.1) is 0 Å². The molecule has 0 aliphatic heterocycles. The average molecular weight is 152 g/mol. The number of nitrogens with one attached hydrogen (secondary N) is 1. The van der Waals surface area contributed by atoms with E-state index in [1.807, 2.05) is 0 Å². The SMILES string of the molecule is CC(N=C=N)C1CCCCC1. The molecular weight excluding hydrogens is 136 g/mol. The van der Waals surface area contributed by atoms with Gasteiger partial charge in [-0.25, -0.2) is 10.4 Å². The van der Waals surface area contributed by atoms with Crippen molar-refractivity contribution in [2.45, 2.75) is 45.1 Å². The highest BCUT2D eigenvalue weighted by molar-refractivity contribution is 5.36. The summed E-state index contributed by atoms with van der Waals surface area (Å²) in [4.78, 5) is 3.96. The summed E-state index contributed by atoms with van der Waals surface area (Å²) in [5.41, 5.74) is 0. The van der Waals surface area contributed by atoms with Gasteiger partial charge in [0.1, 0.15) is 0 Å². The third-order valence-electron chi connectivity index (χ3n) is 2.60. The molecule has 1 aliphatic carbocycles. The van der Waals surface area contributed by atoms with Crippen molar-refractivity contribution in [2.24, 2.45) is 10.9 Å². The lowest BCUT2D eigenvalue weighted by Crippen LogP contribution is -2.17. The average Bonchev–Trinajstić information content (AvgIpc) is 2.07. The van der Waals surface area contributed by atoms with Crippen LogP contribution in [0.5, 0.6) is 0 Å². The molecule has 1 atom stereocenters. The molecule has 0 heterocycles. The lowest BCUT2D eigenvalue weighted by Gasteiger charge is -2.23. The van der Waals surface area contributed by atoms with E-state index in [1.165, 1.54) is 32.1 Å². The van der Waals surface area contributed by atoms with E-state index in [1.54, 1.807) is 0 Å². The quantitative estimate of drug-likeness (QED) is 0.591. The summed E-state index contributed by atoms with van der Waals surface area (Å²) < 4.78 is 0. The second-order valence-corrected chi connectivity index (χ2v) is 3.38. The molecule has 1 unspecified atom stereocenters. The molecule has 1 aliphatic rings. The maximum Gasteiger partial charge on any atom is 0.0864 e. The largest absolute Gasteiger partial charge is 0.242 e. The molecular formula is C9H16N2. The van der Waals surface area contributed by atoms with Crippen LogP contribution in [0.15, 0.2) is 4.99 Å². The fourth-order valence-electron chi connectivity index (χ4n) is 1.82. The Labute approximate surface area is 68.2 Å². The lowest BCUT2D eigenvalue weighted by atomic mass is 9.85. The smallest absolute Gasteiger partial charge is 0.0864 e. The van der Waals surface area contributed by atoms with Gasteiger partial charge in [0.25, 0.3) is 0 Å². The second kappa shape index (κ2) is 4.30. The van der Waals surface area contributed by atoms with Gasteiger partial charge in [0.05, 0.1) is 12.1 Å². The van der Waals surface area contributed by atoms with Crippen molar-refractivity contribution in [1.82, 2.24) is 0 Å². The Hall–Kier alpha value is -0.620. The van der Waals surface area contributed by atoms with E-state index < -0.39 is 0 Å². The standard InChI is InChI=1S/C9H16N2/c1-8(11-7-10)9-5-3-2-4-6-9/h8-10H,2-6H2,1H3. The molecule has 0 aromatic rings. The van der Waals surface area contributed by atoms with Crippen LogP contribution in [0.3, 0.4) is 0 Å². The first-order chi connectivity index (χ1) is 5.34. The fourth-order valence-corrected chi connectivity index (χ4v) is 1.82. The van der Waals surface area contributed by atoms with E-state index in [9.17, 15) is 0 Å². The van der Waals surface area contributed by atoms with Gasteiger partial charge in [-0.2, -0.15) is 0 Å². The minimum atomic E-state index is 0.327. The molecule has 0 saturated heterocycles. The molecule has 11 heavy (non-hydrogen) atoms. The van der Waals surface area contributed by atoms with Gasteiger partial charge in [0.15, 0.2) is 0 Å². The van der Waals surface area contributed by atoms with Gasteiger partial charge in [-0.05, 0) is 25.7 Å². The highest BCUT2D eigenvalue weighted by Crippen LogP contribution is 2.27. The van der Waals surface area contributed by atoms with Crippen LogP contribution in [0.1, 0.15) is 39.0 Å². The van der Waals surface area contributed by atoms with Gasteiger partial charge in [0.2, 0.25) is 0 Å². The number of hydrogen-bond acceptors (Lipinski definition) is 2. The monoisotopic (exact) mass is 152 g/mol. The Balaban J connectivity index is 2.38.